The highest BCUT2D eigenvalue weighted by molar-refractivity contribution is 7.80. The Bertz CT molecular complexity index is 1610. The average molecular weight is 574 g/mol. The molecule has 194 valence electrons. The molecule has 1 aliphatic rings. The molecule has 2 N–H and O–H groups in total. The van der Waals surface area contributed by atoms with Crippen LogP contribution in [0.5, 0.6) is 0 Å². The summed E-state index contributed by atoms with van der Waals surface area (Å²) < 4.78 is 0. The summed E-state index contributed by atoms with van der Waals surface area (Å²) in [5.74, 6) is -0.501. The maximum absolute atomic E-state index is 13.5. The highest BCUT2D eigenvalue weighted by atomic mass is 35.5. The number of nitrogens with one attached hydrogen (secondary N) is 2. The Hall–Kier alpha value is -4.04. The fraction of sp³-hybridized carbons (Fsp3) is 0.0667. The predicted molar refractivity (Wildman–Crippen MR) is 161 cm³/mol. The van der Waals surface area contributed by atoms with E-state index in [1.807, 2.05) is 30.3 Å². The standard InChI is InChI=1S/C30H22Cl2N4O2S/c1-36-25-16-15-21(32)17-23(25)26(18-7-3-2-4-8-18)34-28(29(36)38)35-30(39)33-24-10-6-5-9-22(24)27(37)19-11-13-20(31)14-12-19/h2-17,28H,1H3,(H2,33,35,39). The first-order valence-corrected chi connectivity index (χ1v) is 13.2. The Labute approximate surface area is 241 Å². The van der Waals surface area contributed by atoms with E-state index in [2.05, 4.69) is 10.6 Å². The van der Waals surface area contributed by atoms with Crippen molar-refractivity contribution in [3.8, 4) is 0 Å². The second-order valence-electron chi connectivity index (χ2n) is 8.79. The highest BCUT2D eigenvalue weighted by Crippen LogP contribution is 2.30. The molecule has 1 heterocycles. The highest BCUT2D eigenvalue weighted by Gasteiger charge is 2.31. The molecule has 0 radical (unpaired) electrons. The van der Waals surface area contributed by atoms with Crippen molar-refractivity contribution in [1.29, 1.82) is 0 Å². The smallest absolute Gasteiger partial charge is 0.272 e. The quantitative estimate of drug-likeness (QED) is 0.215. The van der Waals surface area contributed by atoms with E-state index in [4.69, 9.17) is 40.4 Å². The van der Waals surface area contributed by atoms with Crippen LogP contribution in [-0.2, 0) is 4.79 Å². The molecule has 0 saturated carbocycles. The van der Waals surface area contributed by atoms with Crippen LogP contribution in [0.2, 0.25) is 10.0 Å². The number of amides is 1. The number of ketones is 1. The summed E-state index contributed by atoms with van der Waals surface area (Å²) in [4.78, 5) is 33.1. The molecule has 0 spiro atoms. The van der Waals surface area contributed by atoms with Crippen LogP contribution in [0.15, 0.2) is 102 Å². The normalized spacial score (nSPS) is 14.6. The summed E-state index contributed by atoms with van der Waals surface area (Å²) >= 11 is 17.9. The number of hydrogen-bond donors (Lipinski definition) is 2. The summed E-state index contributed by atoms with van der Waals surface area (Å²) in [6, 6.07) is 28.6. The molecule has 0 aliphatic carbocycles. The molecular weight excluding hydrogens is 551 g/mol. The van der Waals surface area contributed by atoms with E-state index >= 15 is 0 Å². The second kappa shape index (κ2) is 11.4. The van der Waals surface area contributed by atoms with Crippen LogP contribution in [0, 0.1) is 0 Å². The number of carbonyl (C=O) groups excluding carboxylic acids is 2. The Morgan fingerprint density at radius 2 is 1.56 bits per heavy atom. The molecule has 5 rings (SSSR count). The first-order valence-electron chi connectivity index (χ1n) is 12.0. The van der Waals surface area contributed by atoms with Crippen LogP contribution in [0.25, 0.3) is 0 Å². The average Bonchev–Trinajstić information content (AvgIpc) is 3.04. The van der Waals surface area contributed by atoms with Gasteiger partial charge in [0.2, 0.25) is 6.17 Å². The van der Waals surface area contributed by atoms with E-state index < -0.39 is 6.17 Å². The maximum Gasteiger partial charge on any atom is 0.272 e. The molecule has 0 aromatic heterocycles. The molecule has 9 heteroatoms. The van der Waals surface area contributed by atoms with Crippen LogP contribution >= 0.6 is 35.4 Å². The third-order valence-electron chi connectivity index (χ3n) is 6.24. The number of likely N-dealkylation sites (N-methyl/N-ethyl adjacent to an activating group) is 1. The lowest BCUT2D eigenvalue weighted by Gasteiger charge is -2.22. The van der Waals surface area contributed by atoms with Crippen LogP contribution in [0.4, 0.5) is 11.4 Å². The van der Waals surface area contributed by atoms with Crippen LogP contribution in [0.1, 0.15) is 27.0 Å². The molecule has 0 saturated heterocycles. The Kier molecular flexibility index (Phi) is 7.74. The van der Waals surface area contributed by atoms with Gasteiger partial charge in [-0.15, -0.1) is 0 Å². The third kappa shape index (κ3) is 5.71. The number of benzodiazepines with no additional fused rings is 1. The number of thiocarbonyl (C=S) groups is 1. The topological polar surface area (TPSA) is 73.8 Å². The molecule has 1 atom stereocenters. The van der Waals surface area contributed by atoms with Crippen molar-refractivity contribution < 1.29 is 9.59 Å². The zero-order valence-electron chi connectivity index (χ0n) is 20.7. The Balaban J connectivity index is 1.45. The van der Waals surface area contributed by atoms with Gasteiger partial charge in [0, 0.05) is 39.3 Å². The first-order chi connectivity index (χ1) is 18.8. The first kappa shape index (κ1) is 26.6. The van der Waals surface area contributed by atoms with E-state index in [-0.39, 0.29) is 16.8 Å². The zero-order chi connectivity index (χ0) is 27.5. The van der Waals surface area contributed by atoms with Gasteiger partial charge < -0.3 is 15.5 Å². The Morgan fingerprint density at radius 1 is 0.897 bits per heavy atom. The van der Waals surface area contributed by atoms with Gasteiger partial charge in [-0.25, -0.2) is 4.99 Å². The lowest BCUT2D eigenvalue weighted by atomic mass is 10.0. The summed E-state index contributed by atoms with van der Waals surface area (Å²) in [5.41, 5.74) is 4.23. The molecule has 39 heavy (non-hydrogen) atoms. The number of carbonyl (C=O) groups is 2. The maximum atomic E-state index is 13.5. The molecule has 1 unspecified atom stereocenters. The monoisotopic (exact) mass is 572 g/mol. The van der Waals surface area contributed by atoms with Crippen molar-refractivity contribution in [2.24, 2.45) is 4.99 Å². The van der Waals surface area contributed by atoms with Crippen molar-refractivity contribution in [2.45, 2.75) is 6.17 Å². The van der Waals surface area contributed by atoms with Gasteiger partial charge in [-0.05, 0) is 66.8 Å². The lowest BCUT2D eigenvalue weighted by Crippen LogP contribution is -2.47. The number of halogens is 2. The van der Waals surface area contributed by atoms with Crippen LogP contribution in [-0.4, -0.2) is 35.7 Å². The van der Waals surface area contributed by atoms with Crippen LogP contribution in [0.3, 0.4) is 0 Å². The number of nitrogens with zero attached hydrogens (tertiary/aromatic N) is 2. The van der Waals surface area contributed by atoms with Gasteiger partial charge >= 0.3 is 0 Å². The minimum atomic E-state index is -1.03. The molecule has 4 aromatic rings. The number of para-hydroxylation sites is 1. The fourth-order valence-electron chi connectivity index (χ4n) is 4.30. The summed E-state index contributed by atoms with van der Waals surface area (Å²) in [5, 5.41) is 7.31. The van der Waals surface area contributed by atoms with Gasteiger partial charge in [0.25, 0.3) is 5.91 Å². The van der Waals surface area contributed by atoms with Gasteiger partial charge in [-0.1, -0.05) is 65.7 Å². The van der Waals surface area contributed by atoms with E-state index in [9.17, 15) is 9.59 Å². The minimum absolute atomic E-state index is 0.137. The molecule has 1 aliphatic heterocycles. The number of fused-ring (bicyclic) bond motifs is 1. The minimum Gasteiger partial charge on any atom is -0.333 e. The molecule has 0 fully saturated rings. The molecule has 1 amide bonds. The summed E-state index contributed by atoms with van der Waals surface area (Å²) in [6.07, 6.45) is -1.03. The van der Waals surface area contributed by atoms with Crippen molar-refractivity contribution >= 4 is 69.3 Å². The molecule has 0 bridgehead atoms. The summed E-state index contributed by atoms with van der Waals surface area (Å²) in [6.45, 7) is 0. The Morgan fingerprint density at radius 3 is 2.31 bits per heavy atom. The van der Waals surface area contributed by atoms with Crippen molar-refractivity contribution in [3.05, 3.63) is 129 Å². The number of benzene rings is 4. The van der Waals surface area contributed by atoms with E-state index in [1.165, 1.54) is 4.90 Å². The molecule has 4 aromatic carbocycles. The van der Waals surface area contributed by atoms with E-state index in [1.54, 1.807) is 73.8 Å². The lowest BCUT2D eigenvalue weighted by molar-refractivity contribution is -0.119. The van der Waals surface area contributed by atoms with Gasteiger partial charge in [0.1, 0.15) is 0 Å². The van der Waals surface area contributed by atoms with Gasteiger partial charge in [0.15, 0.2) is 10.9 Å². The van der Waals surface area contributed by atoms with Gasteiger partial charge in [-0.2, -0.15) is 0 Å². The van der Waals surface area contributed by atoms with Crippen molar-refractivity contribution in [1.82, 2.24) is 5.32 Å². The van der Waals surface area contributed by atoms with Crippen molar-refractivity contribution in [3.63, 3.8) is 0 Å². The zero-order valence-corrected chi connectivity index (χ0v) is 23.0. The number of hydrogen-bond acceptors (Lipinski definition) is 4. The number of aliphatic imine (C=N–C) groups is 1. The number of anilines is 2. The van der Waals surface area contributed by atoms with E-state index in [0.29, 0.717) is 38.3 Å². The molecular formula is C30H22Cl2N4O2S. The van der Waals surface area contributed by atoms with E-state index in [0.717, 1.165) is 11.1 Å². The number of rotatable bonds is 5. The SMILES string of the molecule is CN1C(=O)C(NC(=S)Nc2ccccc2C(=O)c2ccc(Cl)cc2)N=C(c2ccccc2)c2cc(Cl)ccc21. The largest absolute Gasteiger partial charge is 0.333 e. The fourth-order valence-corrected chi connectivity index (χ4v) is 4.82. The molecule has 6 nitrogen and oxygen atoms in total. The third-order valence-corrected chi connectivity index (χ3v) is 6.95. The summed E-state index contributed by atoms with van der Waals surface area (Å²) in [7, 11) is 1.68. The van der Waals surface area contributed by atoms with Gasteiger partial charge in [0.05, 0.1) is 17.1 Å². The van der Waals surface area contributed by atoms with Crippen LogP contribution < -0.4 is 15.5 Å². The second-order valence-corrected chi connectivity index (χ2v) is 10.1. The predicted octanol–water partition coefficient (Wildman–Crippen LogP) is 6.35. The van der Waals surface area contributed by atoms with Gasteiger partial charge in [-0.3, -0.25) is 9.59 Å². The van der Waals surface area contributed by atoms with Crippen molar-refractivity contribution in [2.75, 3.05) is 17.3 Å².